The van der Waals surface area contributed by atoms with Gasteiger partial charge < -0.3 is 4.42 Å². The molecule has 0 bridgehead atoms. The Morgan fingerprint density at radius 2 is 0.729 bits per heavy atom. The van der Waals surface area contributed by atoms with Crippen molar-refractivity contribution in [1.82, 2.24) is 9.97 Å². The number of fused-ring (bicyclic) bond motifs is 11. The molecule has 0 aliphatic carbocycles. The van der Waals surface area contributed by atoms with Crippen molar-refractivity contribution < 1.29 is 4.42 Å². The Balaban J connectivity index is 0.994. The highest BCUT2D eigenvalue weighted by Gasteiger charge is 2.19. The summed E-state index contributed by atoms with van der Waals surface area (Å²) in [5, 5.41) is 12.1. The van der Waals surface area contributed by atoms with Crippen LogP contribution in [-0.2, 0) is 0 Å². The van der Waals surface area contributed by atoms with Gasteiger partial charge in [-0.15, -0.1) is 0 Å². The molecule has 59 heavy (non-hydrogen) atoms. The van der Waals surface area contributed by atoms with Crippen LogP contribution in [-0.4, -0.2) is 9.97 Å². The van der Waals surface area contributed by atoms with Crippen LogP contribution in [0.5, 0.6) is 0 Å². The molecule has 0 radical (unpaired) electrons. The Labute approximate surface area is 340 Å². The maximum atomic E-state index is 6.94. The summed E-state index contributed by atoms with van der Waals surface area (Å²) in [6.45, 7) is 0. The number of aromatic nitrogens is 2. The fourth-order valence-corrected chi connectivity index (χ4v) is 9.05. The van der Waals surface area contributed by atoms with E-state index in [4.69, 9.17) is 14.4 Å². The number of furan rings is 1. The number of rotatable bonds is 5. The number of benzene rings is 10. The average Bonchev–Trinajstić information content (AvgIpc) is 3.71. The topological polar surface area (TPSA) is 38.9 Å². The van der Waals surface area contributed by atoms with Gasteiger partial charge in [-0.3, -0.25) is 0 Å². The second-order valence-corrected chi connectivity index (χ2v) is 15.3. The lowest BCUT2D eigenvalue weighted by Gasteiger charge is -2.13. The molecule has 0 spiro atoms. The number of hydrogen-bond acceptors (Lipinski definition) is 3. The van der Waals surface area contributed by atoms with Gasteiger partial charge in [0.1, 0.15) is 11.2 Å². The molecule has 12 aromatic rings. The van der Waals surface area contributed by atoms with E-state index < -0.39 is 0 Å². The summed E-state index contributed by atoms with van der Waals surface area (Å²) >= 11 is 0. The van der Waals surface area contributed by atoms with Crippen molar-refractivity contribution in [3.63, 3.8) is 0 Å². The van der Waals surface area contributed by atoms with E-state index in [-0.39, 0.29) is 0 Å². The van der Waals surface area contributed by atoms with E-state index in [1.807, 2.05) is 36.4 Å². The van der Waals surface area contributed by atoms with Crippen LogP contribution >= 0.6 is 0 Å². The lowest BCUT2D eigenvalue weighted by Crippen LogP contribution is -1.95. The van der Waals surface area contributed by atoms with E-state index in [1.165, 1.54) is 48.8 Å². The molecular weight excluding hydrogens is 717 g/mol. The van der Waals surface area contributed by atoms with Gasteiger partial charge in [0.25, 0.3) is 0 Å². The second kappa shape index (κ2) is 13.4. The van der Waals surface area contributed by atoms with Gasteiger partial charge in [-0.1, -0.05) is 188 Å². The van der Waals surface area contributed by atoms with Crippen molar-refractivity contribution in [3.8, 4) is 56.2 Å². The molecule has 10 aromatic carbocycles. The number of nitrogens with zero attached hydrogens (tertiary/aromatic N) is 2. The van der Waals surface area contributed by atoms with Gasteiger partial charge in [0.2, 0.25) is 0 Å². The molecule has 3 heteroatoms. The highest BCUT2D eigenvalue weighted by Crippen LogP contribution is 2.44. The van der Waals surface area contributed by atoms with Crippen LogP contribution < -0.4 is 0 Å². The summed E-state index contributed by atoms with van der Waals surface area (Å²) in [5.41, 5.74) is 11.1. The first-order valence-corrected chi connectivity index (χ1v) is 20.1. The van der Waals surface area contributed by atoms with Crippen molar-refractivity contribution in [2.75, 3.05) is 0 Å². The standard InChI is InChI=1S/C56H34N2O/c1-3-14-36(15-4-1)52-34-53(58-56(57-52)38-16-5-2-6-17-38)37-28-26-35(27-29-37)40-24-13-25-48-51-33-49(45-22-11-12-23-47(45)55(51)59-54(40)48)39-30-31-46-43-20-8-7-18-41(43)42-19-9-10-21-44(42)50(46)32-39/h1-34H. The van der Waals surface area contributed by atoms with Crippen LogP contribution in [0.3, 0.4) is 0 Å². The Morgan fingerprint density at radius 1 is 0.254 bits per heavy atom. The molecule has 274 valence electrons. The van der Waals surface area contributed by atoms with E-state index >= 15 is 0 Å². The third-order valence-electron chi connectivity index (χ3n) is 11.9. The zero-order valence-corrected chi connectivity index (χ0v) is 31.9. The monoisotopic (exact) mass is 750 g/mol. The van der Waals surface area contributed by atoms with Gasteiger partial charge in [0.05, 0.1) is 11.4 Å². The van der Waals surface area contributed by atoms with E-state index in [1.54, 1.807) is 0 Å². The molecule has 0 aliphatic heterocycles. The van der Waals surface area contributed by atoms with Crippen molar-refractivity contribution in [2.45, 2.75) is 0 Å². The SMILES string of the molecule is c1ccc(-c2cc(-c3ccc(-c4cccc5c4oc4c6ccccc6c(-c6ccc7c8ccccc8c8ccccc8c7c6)cc54)cc3)nc(-c3ccccc3)n2)cc1. The zero-order chi connectivity index (χ0) is 38.9. The quantitative estimate of drug-likeness (QED) is 0.164. The van der Waals surface area contributed by atoms with Crippen LogP contribution in [0.15, 0.2) is 211 Å². The molecule has 2 aromatic heterocycles. The molecule has 0 aliphatic rings. The minimum atomic E-state index is 0.704. The lowest BCUT2D eigenvalue weighted by molar-refractivity contribution is 0.674. The molecule has 2 heterocycles. The molecule has 12 rings (SSSR count). The molecule has 0 atom stereocenters. The number of para-hydroxylation sites is 1. The summed E-state index contributed by atoms with van der Waals surface area (Å²) in [4.78, 5) is 10.0. The van der Waals surface area contributed by atoms with Gasteiger partial charge in [-0.25, -0.2) is 9.97 Å². The summed E-state index contributed by atoms with van der Waals surface area (Å²) in [5.74, 6) is 0.704. The first-order chi connectivity index (χ1) is 29.2. The predicted octanol–water partition coefficient (Wildman–Crippen LogP) is 15.3. The molecular formula is C56H34N2O. The second-order valence-electron chi connectivity index (χ2n) is 15.3. The Kier molecular flexibility index (Phi) is 7.54. The Hall–Kier alpha value is -7.88. The molecule has 0 saturated carbocycles. The number of hydrogen-bond donors (Lipinski definition) is 0. The fraction of sp³-hybridized carbons (Fsp3) is 0. The van der Waals surface area contributed by atoms with Gasteiger partial charge in [-0.05, 0) is 72.6 Å². The summed E-state index contributed by atoms with van der Waals surface area (Å²) < 4.78 is 6.94. The normalized spacial score (nSPS) is 11.7. The summed E-state index contributed by atoms with van der Waals surface area (Å²) in [6.07, 6.45) is 0. The first kappa shape index (κ1) is 33.3. The zero-order valence-electron chi connectivity index (χ0n) is 31.9. The van der Waals surface area contributed by atoms with Crippen LogP contribution in [0, 0.1) is 0 Å². The van der Waals surface area contributed by atoms with Gasteiger partial charge in [0.15, 0.2) is 5.82 Å². The van der Waals surface area contributed by atoms with E-state index in [9.17, 15) is 0 Å². The third kappa shape index (κ3) is 5.44. The van der Waals surface area contributed by atoms with Crippen molar-refractivity contribution >= 4 is 65.0 Å². The largest absolute Gasteiger partial charge is 0.455 e. The third-order valence-corrected chi connectivity index (χ3v) is 11.9. The van der Waals surface area contributed by atoms with E-state index in [2.05, 4.69) is 170 Å². The molecule has 0 fully saturated rings. The smallest absolute Gasteiger partial charge is 0.160 e. The van der Waals surface area contributed by atoms with E-state index in [0.29, 0.717) is 5.82 Å². The molecule has 0 saturated heterocycles. The maximum absolute atomic E-state index is 6.94. The predicted molar refractivity (Wildman–Crippen MR) is 247 cm³/mol. The van der Waals surface area contributed by atoms with E-state index in [0.717, 1.165) is 66.5 Å². The lowest BCUT2D eigenvalue weighted by atomic mass is 9.90. The van der Waals surface area contributed by atoms with Crippen LogP contribution in [0.25, 0.3) is 121 Å². The van der Waals surface area contributed by atoms with Gasteiger partial charge in [-0.2, -0.15) is 0 Å². The highest BCUT2D eigenvalue weighted by atomic mass is 16.3. The highest BCUT2D eigenvalue weighted by molar-refractivity contribution is 6.26. The fourth-order valence-electron chi connectivity index (χ4n) is 9.05. The molecule has 0 unspecified atom stereocenters. The summed E-state index contributed by atoms with van der Waals surface area (Å²) in [7, 11) is 0. The maximum Gasteiger partial charge on any atom is 0.160 e. The van der Waals surface area contributed by atoms with Crippen LogP contribution in [0.4, 0.5) is 0 Å². The minimum Gasteiger partial charge on any atom is -0.455 e. The Morgan fingerprint density at radius 3 is 1.39 bits per heavy atom. The minimum absolute atomic E-state index is 0.704. The van der Waals surface area contributed by atoms with Gasteiger partial charge in [0, 0.05) is 38.4 Å². The van der Waals surface area contributed by atoms with Crippen molar-refractivity contribution in [1.29, 1.82) is 0 Å². The molecule has 0 amide bonds. The van der Waals surface area contributed by atoms with Gasteiger partial charge >= 0.3 is 0 Å². The average molecular weight is 751 g/mol. The van der Waals surface area contributed by atoms with Crippen LogP contribution in [0.2, 0.25) is 0 Å². The van der Waals surface area contributed by atoms with Crippen molar-refractivity contribution in [2.24, 2.45) is 0 Å². The Bertz CT molecular complexity index is 3500. The van der Waals surface area contributed by atoms with Crippen LogP contribution in [0.1, 0.15) is 0 Å². The summed E-state index contributed by atoms with van der Waals surface area (Å²) in [6, 6.07) is 73.2. The first-order valence-electron chi connectivity index (χ1n) is 20.1. The molecule has 3 nitrogen and oxygen atoms in total. The molecule has 0 N–H and O–H groups in total. The van der Waals surface area contributed by atoms with Crippen molar-refractivity contribution in [3.05, 3.63) is 206 Å².